The Hall–Kier alpha value is -1.92. The lowest BCUT2D eigenvalue weighted by Crippen LogP contribution is -2.48. The minimum Gasteiger partial charge on any atom is -0.352 e. The maximum absolute atomic E-state index is 13.3. The van der Waals surface area contributed by atoms with Crippen molar-refractivity contribution in [3.05, 3.63) is 42.5 Å². The van der Waals surface area contributed by atoms with E-state index >= 15 is 0 Å². The Bertz CT molecular complexity index is 965. The first-order valence-corrected chi connectivity index (χ1v) is 12.3. The van der Waals surface area contributed by atoms with Gasteiger partial charge < -0.3 is 5.32 Å². The van der Waals surface area contributed by atoms with Crippen LogP contribution in [0, 0.1) is 0 Å². The van der Waals surface area contributed by atoms with Crippen molar-refractivity contribution in [1.82, 2.24) is 9.62 Å². The summed E-state index contributed by atoms with van der Waals surface area (Å²) in [5.74, 6) is -0.127. The molecule has 1 aliphatic carbocycles. The van der Waals surface area contributed by atoms with Gasteiger partial charge in [-0.1, -0.05) is 62.4 Å². The molecule has 1 unspecified atom stereocenters. The van der Waals surface area contributed by atoms with E-state index in [0.717, 1.165) is 42.9 Å². The molecule has 0 radical (unpaired) electrons. The predicted molar refractivity (Wildman–Crippen MR) is 115 cm³/mol. The fourth-order valence-corrected chi connectivity index (χ4v) is 6.34. The van der Waals surface area contributed by atoms with Gasteiger partial charge in [-0.15, -0.1) is 0 Å². The van der Waals surface area contributed by atoms with Gasteiger partial charge in [0.25, 0.3) is 0 Å². The van der Waals surface area contributed by atoms with Gasteiger partial charge in [-0.05, 0) is 48.6 Å². The van der Waals surface area contributed by atoms with E-state index in [1.807, 2.05) is 30.3 Å². The first-order valence-electron chi connectivity index (χ1n) is 10.9. The van der Waals surface area contributed by atoms with Crippen molar-refractivity contribution >= 4 is 26.7 Å². The highest BCUT2D eigenvalue weighted by atomic mass is 32.2. The minimum atomic E-state index is -3.71. The molecule has 1 N–H and O–H groups in total. The van der Waals surface area contributed by atoms with Gasteiger partial charge in [0.05, 0.1) is 4.90 Å². The maximum Gasteiger partial charge on any atom is 0.243 e. The van der Waals surface area contributed by atoms with Gasteiger partial charge in [-0.3, -0.25) is 4.79 Å². The van der Waals surface area contributed by atoms with Crippen LogP contribution in [0.15, 0.2) is 47.4 Å². The second kappa shape index (κ2) is 8.84. The molecular weight excluding hydrogens is 384 g/mol. The summed E-state index contributed by atoms with van der Waals surface area (Å²) < 4.78 is 28.1. The van der Waals surface area contributed by atoms with Crippen molar-refractivity contribution in [3.8, 4) is 0 Å². The zero-order valence-electron chi connectivity index (χ0n) is 16.8. The molecule has 4 rings (SSSR count). The number of fused-ring (bicyclic) bond motifs is 1. The molecule has 2 fully saturated rings. The first kappa shape index (κ1) is 20.4. The van der Waals surface area contributed by atoms with Gasteiger partial charge in [-0.25, -0.2) is 8.42 Å². The number of rotatable bonds is 4. The highest BCUT2D eigenvalue weighted by Crippen LogP contribution is 2.28. The topological polar surface area (TPSA) is 66.5 Å². The van der Waals surface area contributed by atoms with Crippen LogP contribution in [0.4, 0.5) is 0 Å². The first-order chi connectivity index (χ1) is 14.1. The lowest BCUT2D eigenvalue weighted by molar-refractivity contribution is -0.125. The molecule has 1 saturated carbocycles. The standard InChI is InChI=1S/C23H30N2O3S/c26-23(24-20-11-4-2-1-3-5-12-20)22-13-8-16-25(22)29(27,28)21-15-14-18-9-6-7-10-19(18)17-21/h6-7,9-10,14-15,17,20,22H,1-5,8,11-13,16H2,(H,24,26). The van der Waals surface area contributed by atoms with Crippen LogP contribution in [0.2, 0.25) is 0 Å². The number of nitrogens with one attached hydrogen (secondary N) is 1. The van der Waals surface area contributed by atoms with Gasteiger partial charge in [0.1, 0.15) is 6.04 Å². The Labute approximate surface area is 173 Å². The lowest BCUT2D eigenvalue weighted by Gasteiger charge is -2.27. The molecule has 1 heterocycles. The molecule has 1 atom stereocenters. The third-order valence-corrected chi connectivity index (χ3v) is 8.19. The smallest absolute Gasteiger partial charge is 0.243 e. The van der Waals surface area contributed by atoms with E-state index in [2.05, 4.69) is 5.32 Å². The average molecular weight is 415 g/mol. The van der Waals surface area contributed by atoms with Crippen LogP contribution in [0.5, 0.6) is 0 Å². The van der Waals surface area contributed by atoms with Crippen LogP contribution in [0.25, 0.3) is 10.8 Å². The molecule has 2 aromatic rings. The summed E-state index contributed by atoms with van der Waals surface area (Å²) in [7, 11) is -3.71. The second-order valence-electron chi connectivity index (χ2n) is 8.33. The number of benzene rings is 2. The minimum absolute atomic E-state index is 0.127. The van der Waals surface area contributed by atoms with E-state index in [4.69, 9.17) is 0 Å². The van der Waals surface area contributed by atoms with Crippen molar-refractivity contribution in [1.29, 1.82) is 0 Å². The number of amides is 1. The van der Waals surface area contributed by atoms with Gasteiger partial charge in [0.15, 0.2) is 0 Å². The van der Waals surface area contributed by atoms with Crippen molar-refractivity contribution in [3.63, 3.8) is 0 Å². The molecule has 1 saturated heterocycles. The van der Waals surface area contributed by atoms with Crippen LogP contribution < -0.4 is 5.32 Å². The van der Waals surface area contributed by atoms with Crippen LogP contribution >= 0.6 is 0 Å². The normalized spacial score (nSPS) is 22.3. The third kappa shape index (κ3) is 4.48. The van der Waals surface area contributed by atoms with Crippen molar-refractivity contribution < 1.29 is 13.2 Å². The van der Waals surface area contributed by atoms with E-state index in [9.17, 15) is 13.2 Å². The Morgan fingerprint density at radius 2 is 1.55 bits per heavy atom. The summed E-state index contributed by atoms with van der Waals surface area (Å²) in [5.41, 5.74) is 0. The van der Waals surface area contributed by atoms with Gasteiger partial charge in [0, 0.05) is 12.6 Å². The Kier molecular flexibility index (Phi) is 6.20. The highest BCUT2D eigenvalue weighted by molar-refractivity contribution is 7.89. The zero-order chi connectivity index (χ0) is 20.3. The Morgan fingerprint density at radius 1 is 0.862 bits per heavy atom. The second-order valence-corrected chi connectivity index (χ2v) is 10.2. The third-order valence-electron chi connectivity index (χ3n) is 6.29. The maximum atomic E-state index is 13.3. The zero-order valence-corrected chi connectivity index (χ0v) is 17.7. The van der Waals surface area contributed by atoms with E-state index in [-0.39, 0.29) is 16.8 Å². The number of sulfonamides is 1. The number of nitrogens with zero attached hydrogens (tertiary/aromatic N) is 1. The summed E-state index contributed by atoms with van der Waals surface area (Å²) in [4.78, 5) is 13.3. The highest BCUT2D eigenvalue weighted by Gasteiger charge is 2.40. The van der Waals surface area contributed by atoms with Gasteiger partial charge in [-0.2, -0.15) is 4.31 Å². The molecule has 29 heavy (non-hydrogen) atoms. The molecule has 2 aliphatic rings. The monoisotopic (exact) mass is 414 g/mol. The van der Waals surface area contributed by atoms with Crippen LogP contribution in [0.1, 0.15) is 57.8 Å². The fraction of sp³-hybridized carbons (Fsp3) is 0.522. The number of hydrogen-bond acceptors (Lipinski definition) is 3. The van der Waals surface area contributed by atoms with Gasteiger partial charge >= 0.3 is 0 Å². The molecule has 0 bridgehead atoms. The van der Waals surface area contributed by atoms with Crippen LogP contribution in [-0.2, 0) is 14.8 Å². The molecule has 6 heteroatoms. The molecule has 0 aromatic heterocycles. The van der Waals surface area contributed by atoms with E-state index in [1.165, 1.54) is 23.6 Å². The largest absolute Gasteiger partial charge is 0.352 e. The van der Waals surface area contributed by atoms with Crippen LogP contribution in [-0.4, -0.2) is 37.3 Å². The van der Waals surface area contributed by atoms with Gasteiger partial charge in [0.2, 0.25) is 15.9 Å². The fourth-order valence-electron chi connectivity index (χ4n) is 4.65. The predicted octanol–water partition coefficient (Wildman–Crippen LogP) is 4.22. The molecule has 5 nitrogen and oxygen atoms in total. The molecule has 156 valence electrons. The summed E-state index contributed by atoms with van der Waals surface area (Å²) in [5, 5.41) is 5.06. The molecular formula is C23H30N2O3S. The van der Waals surface area contributed by atoms with E-state index in [0.29, 0.717) is 13.0 Å². The van der Waals surface area contributed by atoms with Crippen molar-refractivity contribution in [2.75, 3.05) is 6.54 Å². The molecule has 1 aliphatic heterocycles. The summed E-state index contributed by atoms with van der Waals surface area (Å²) >= 11 is 0. The number of carbonyl (C=O) groups is 1. The average Bonchev–Trinajstić information content (AvgIpc) is 3.20. The van der Waals surface area contributed by atoms with Crippen molar-refractivity contribution in [2.45, 2.75) is 74.8 Å². The molecule has 0 spiro atoms. The quantitative estimate of drug-likeness (QED) is 0.814. The summed E-state index contributed by atoms with van der Waals surface area (Å²) in [6.45, 7) is 0.401. The number of carbonyl (C=O) groups excluding carboxylic acids is 1. The van der Waals surface area contributed by atoms with Crippen LogP contribution in [0.3, 0.4) is 0 Å². The Morgan fingerprint density at radius 3 is 2.31 bits per heavy atom. The molecule has 2 aromatic carbocycles. The summed E-state index contributed by atoms with van der Waals surface area (Å²) in [6, 6.07) is 12.5. The summed E-state index contributed by atoms with van der Waals surface area (Å²) in [6.07, 6.45) is 9.29. The van der Waals surface area contributed by atoms with E-state index < -0.39 is 16.1 Å². The Balaban J connectivity index is 1.52. The SMILES string of the molecule is O=C(NC1CCCCCCC1)C1CCCN1S(=O)(=O)c1ccc2ccccc2c1. The molecule has 1 amide bonds. The van der Waals surface area contributed by atoms with Crippen molar-refractivity contribution in [2.24, 2.45) is 0 Å². The van der Waals surface area contributed by atoms with E-state index in [1.54, 1.807) is 12.1 Å². The number of hydrogen-bond donors (Lipinski definition) is 1. The lowest BCUT2D eigenvalue weighted by atomic mass is 9.96.